The van der Waals surface area contributed by atoms with Crippen LogP contribution in [0, 0.1) is 0 Å². The highest BCUT2D eigenvalue weighted by molar-refractivity contribution is 7.13. The molecule has 0 saturated carbocycles. The topological polar surface area (TPSA) is 0 Å². The van der Waals surface area contributed by atoms with Crippen LogP contribution in [-0.4, -0.2) is 0 Å². The zero-order valence-electron chi connectivity index (χ0n) is 23.5. The van der Waals surface area contributed by atoms with Crippen LogP contribution in [0.1, 0.15) is 77.9 Å². The molecule has 8 rings (SSSR count). The predicted molar refractivity (Wildman–Crippen MR) is 174 cm³/mol. The lowest BCUT2D eigenvalue weighted by molar-refractivity contribution is 0.625. The Hall–Kier alpha value is -3.72. The van der Waals surface area contributed by atoms with E-state index in [9.17, 15) is 0 Å². The van der Waals surface area contributed by atoms with Crippen molar-refractivity contribution in [1.29, 1.82) is 0 Å². The zero-order valence-corrected chi connectivity index (χ0v) is 25.1. The first kappa shape index (κ1) is 25.0. The minimum Gasteiger partial charge on any atom is -0.143 e. The first-order valence-electron chi connectivity index (χ1n) is 14.8. The van der Waals surface area contributed by atoms with E-state index < -0.39 is 0 Å². The summed E-state index contributed by atoms with van der Waals surface area (Å²) in [4.78, 5) is 5.88. The fraction of sp³-hybridized carbons (Fsp3) is 0.179. The Bertz CT molecular complexity index is 1750. The maximum absolute atomic E-state index is 2.58. The smallest absolute Gasteiger partial charge is 0.0815 e. The third-order valence-electron chi connectivity index (χ3n) is 9.39. The quantitative estimate of drug-likeness (QED) is 0.200. The Balaban J connectivity index is 1.62. The van der Waals surface area contributed by atoms with Gasteiger partial charge in [0.25, 0.3) is 0 Å². The summed E-state index contributed by atoms with van der Waals surface area (Å²) in [5.41, 5.74) is 10.8. The predicted octanol–water partition coefficient (Wildman–Crippen LogP) is 9.92. The van der Waals surface area contributed by atoms with Gasteiger partial charge in [0.05, 0.1) is 10.8 Å². The highest BCUT2D eigenvalue weighted by Gasteiger charge is 2.57. The van der Waals surface area contributed by atoms with Gasteiger partial charge in [-0.15, -0.1) is 22.7 Å². The first-order chi connectivity index (χ1) is 20.2. The van der Waals surface area contributed by atoms with E-state index in [-0.39, 0.29) is 10.8 Å². The number of aryl methyl sites for hydroxylation is 2. The van der Waals surface area contributed by atoms with Gasteiger partial charge < -0.3 is 0 Å². The average Bonchev–Trinajstić information content (AvgIpc) is 3.68. The fourth-order valence-electron chi connectivity index (χ4n) is 7.67. The van der Waals surface area contributed by atoms with Gasteiger partial charge in [-0.3, -0.25) is 0 Å². The summed E-state index contributed by atoms with van der Waals surface area (Å²) in [5, 5.41) is 0. The second-order valence-corrected chi connectivity index (χ2v) is 13.6. The van der Waals surface area contributed by atoms with Crippen molar-refractivity contribution >= 4 is 22.7 Å². The minimum atomic E-state index is -0.373. The van der Waals surface area contributed by atoms with Crippen molar-refractivity contribution in [3.05, 3.63) is 185 Å². The molecule has 2 aliphatic rings. The van der Waals surface area contributed by atoms with Gasteiger partial charge in [-0.25, -0.2) is 0 Å². The number of rotatable bonds is 4. The molecule has 0 fully saturated rings. The van der Waals surface area contributed by atoms with E-state index >= 15 is 0 Å². The molecular formula is C39H32S2. The lowest BCUT2D eigenvalue weighted by Gasteiger charge is -2.49. The Morgan fingerprint density at radius 1 is 0.488 bits per heavy atom. The van der Waals surface area contributed by atoms with Gasteiger partial charge in [-0.2, -0.15) is 0 Å². The van der Waals surface area contributed by atoms with Crippen LogP contribution in [0.2, 0.25) is 0 Å². The molecule has 0 unspecified atom stereocenters. The van der Waals surface area contributed by atoms with E-state index in [1.807, 2.05) is 22.7 Å². The van der Waals surface area contributed by atoms with Crippen LogP contribution in [0.15, 0.2) is 121 Å². The van der Waals surface area contributed by atoms with Crippen LogP contribution in [-0.2, 0) is 30.1 Å². The van der Waals surface area contributed by atoms with Crippen LogP contribution < -0.4 is 0 Å². The molecule has 200 valence electrons. The van der Waals surface area contributed by atoms with E-state index in [2.05, 4.69) is 135 Å². The van der Waals surface area contributed by atoms with Gasteiger partial charge in [0.1, 0.15) is 0 Å². The second kappa shape index (κ2) is 9.41. The maximum Gasteiger partial charge on any atom is 0.0815 e. The summed E-state index contributed by atoms with van der Waals surface area (Å²) in [6, 6.07) is 46.3. The third kappa shape index (κ3) is 3.26. The monoisotopic (exact) mass is 564 g/mol. The standard InChI is InChI=1S/C39H32S2/c1-3-30-24-34-37(41-30)39(32-21-13-11-15-26(32)23-27-16-12-14-22-33(27)39)35-25-31(4-2)40-36(35)38(34,28-17-7-5-8-18-28)29-19-9-6-10-20-29/h5-22,24-25H,3-4,23H2,1-2H3. The average molecular weight is 565 g/mol. The van der Waals surface area contributed by atoms with E-state index in [0.717, 1.165) is 19.3 Å². The van der Waals surface area contributed by atoms with Gasteiger partial charge in [-0.05, 0) is 75.9 Å². The molecular weight excluding hydrogens is 533 g/mol. The Morgan fingerprint density at radius 2 is 0.902 bits per heavy atom. The summed E-state index contributed by atoms with van der Waals surface area (Å²) in [5.74, 6) is 0. The lowest BCUT2D eigenvalue weighted by atomic mass is 9.53. The Morgan fingerprint density at radius 3 is 1.39 bits per heavy atom. The van der Waals surface area contributed by atoms with Crippen LogP contribution in [0.25, 0.3) is 0 Å². The van der Waals surface area contributed by atoms with Gasteiger partial charge in [0.15, 0.2) is 0 Å². The van der Waals surface area contributed by atoms with Crippen molar-refractivity contribution < 1.29 is 0 Å². The lowest BCUT2D eigenvalue weighted by Crippen LogP contribution is -2.45. The van der Waals surface area contributed by atoms with Crippen molar-refractivity contribution in [3.8, 4) is 0 Å². The van der Waals surface area contributed by atoms with Crippen molar-refractivity contribution in [2.75, 3.05) is 0 Å². The van der Waals surface area contributed by atoms with Crippen LogP contribution >= 0.6 is 22.7 Å². The third-order valence-corrected chi connectivity index (χ3v) is 12.2. The van der Waals surface area contributed by atoms with Crippen LogP contribution in [0.5, 0.6) is 0 Å². The Labute approximate surface area is 251 Å². The van der Waals surface area contributed by atoms with Gasteiger partial charge in [0.2, 0.25) is 0 Å². The molecule has 2 heterocycles. The van der Waals surface area contributed by atoms with E-state index in [1.165, 1.54) is 64.0 Å². The Kier molecular flexibility index (Phi) is 5.74. The molecule has 0 saturated heterocycles. The number of hydrogen-bond acceptors (Lipinski definition) is 2. The molecule has 0 radical (unpaired) electrons. The molecule has 4 aromatic carbocycles. The second-order valence-electron chi connectivity index (χ2n) is 11.3. The zero-order chi connectivity index (χ0) is 27.6. The van der Waals surface area contributed by atoms with Crippen LogP contribution in [0.4, 0.5) is 0 Å². The minimum absolute atomic E-state index is 0.328. The fourth-order valence-corrected chi connectivity index (χ4v) is 10.5. The molecule has 2 heteroatoms. The van der Waals surface area contributed by atoms with E-state index in [1.54, 1.807) is 0 Å². The van der Waals surface area contributed by atoms with Crippen LogP contribution in [0.3, 0.4) is 0 Å². The molecule has 0 amide bonds. The molecule has 6 aromatic rings. The molecule has 2 aliphatic carbocycles. The highest BCUT2D eigenvalue weighted by Crippen LogP contribution is 2.65. The van der Waals surface area contributed by atoms with E-state index in [0.29, 0.717) is 0 Å². The van der Waals surface area contributed by atoms with Gasteiger partial charge in [-0.1, -0.05) is 123 Å². The van der Waals surface area contributed by atoms with Crippen molar-refractivity contribution in [1.82, 2.24) is 0 Å². The molecule has 0 N–H and O–H groups in total. The largest absolute Gasteiger partial charge is 0.143 e. The van der Waals surface area contributed by atoms with Gasteiger partial charge >= 0.3 is 0 Å². The van der Waals surface area contributed by atoms with Crippen molar-refractivity contribution in [2.24, 2.45) is 0 Å². The highest BCUT2D eigenvalue weighted by atomic mass is 32.1. The molecule has 1 spiro atoms. The molecule has 2 aromatic heterocycles. The first-order valence-corrected chi connectivity index (χ1v) is 16.4. The number of fused-ring (bicyclic) bond motifs is 8. The summed E-state index contributed by atoms with van der Waals surface area (Å²) >= 11 is 4.08. The summed E-state index contributed by atoms with van der Waals surface area (Å²) in [7, 11) is 0. The summed E-state index contributed by atoms with van der Waals surface area (Å²) in [6.45, 7) is 4.62. The molecule has 0 bridgehead atoms. The molecule has 41 heavy (non-hydrogen) atoms. The summed E-state index contributed by atoms with van der Waals surface area (Å²) < 4.78 is 0. The molecule has 0 nitrogen and oxygen atoms in total. The summed E-state index contributed by atoms with van der Waals surface area (Å²) in [6.07, 6.45) is 3.05. The normalized spacial score (nSPS) is 15.6. The van der Waals surface area contributed by atoms with Crippen molar-refractivity contribution in [2.45, 2.75) is 43.9 Å². The molecule has 0 atom stereocenters. The number of thiophene rings is 2. The number of hydrogen-bond donors (Lipinski definition) is 0. The maximum atomic E-state index is 2.58. The SMILES string of the molecule is CCc1cc2c(s1)C(c1ccccc1)(c1ccccc1)c1cc(CC)sc1C21c2ccccc2Cc2ccccc21. The van der Waals surface area contributed by atoms with Crippen molar-refractivity contribution in [3.63, 3.8) is 0 Å². The number of benzene rings is 4. The molecule has 0 aliphatic heterocycles. The van der Waals surface area contributed by atoms with E-state index in [4.69, 9.17) is 0 Å². The van der Waals surface area contributed by atoms with Gasteiger partial charge in [0, 0.05) is 19.5 Å².